The van der Waals surface area contributed by atoms with E-state index < -0.39 is 23.3 Å². The van der Waals surface area contributed by atoms with Crippen molar-refractivity contribution in [2.75, 3.05) is 6.61 Å². The molecule has 0 saturated heterocycles. The molecule has 140 valence electrons. The highest BCUT2D eigenvalue weighted by Gasteiger charge is 2.24. The molecule has 1 heterocycles. The van der Waals surface area contributed by atoms with Crippen molar-refractivity contribution in [1.82, 2.24) is 9.13 Å². The molecule has 0 radical (unpaired) electrons. The Morgan fingerprint density at radius 2 is 1.74 bits per heavy atom. The molecular weight excluding hydrogens is 348 g/mol. The van der Waals surface area contributed by atoms with Crippen LogP contribution in [0.2, 0.25) is 0 Å². The predicted octanol–water partition coefficient (Wildman–Crippen LogP) is 2.59. The standard InChI is InChI=1S/C20H20N2O5/c1-3-16(19(24)25)22-17-8-6-5-7-15(17)18(23)21(20(22)26)13-9-11-14(12-10-13)27-4-2/h5-12,16H,3-4H2,1-2H3,(H,24,25). The molecule has 0 fully saturated rings. The number of hydrogen-bond donors (Lipinski definition) is 1. The molecule has 1 N–H and O–H groups in total. The van der Waals surface area contributed by atoms with E-state index >= 15 is 0 Å². The molecule has 0 bridgehead atoms. The Kier molecular flexibility index (Phi) is 5.12. The molecule has 0 amide bonds. The molecule has 0 saturated carbocycles. The van der Waals surface area contributed by atoms with Gasteiger partial charge < -0.3 is 9.84 Å². The predicted molar refractivity (Wildman–Crippen MR) is 102 cm³/mol. The molecule has 0 spiro atoms. The fourth-order valence-electron chi connectivity index (χ4n) is 3.14. The van der Waals surface area contributed by atoms with Gasteiger partial charge in [-0.15, -0.1) is 0 Å². The summed E-state index contributed by atoms with van der Waals surface area (Å²) in [6.45, 7) is 4.04. The quantitative estimate of drug-likeness (QED) is 0.722. The Bertz CT molecular complexity index is 1100. The molecule has 0 aliphatic carbocycles. The number of rotatable bonds is 6. The van der Waals surface area contributed by atoms with E-state index in [1.54, 1.807) is 55.5 Å². The molecule has 3 rings (SSSR count). The lowest BCUT2D eigenvalue weighted by Crippen LogP contribution is -2.42. The van der Waals surface area contributed by atoms with Crippen molar-refractivity contribution in [3.8, 4) is 11.4 Å². The van der Waals surface area contributed by atoms with Gasteiger partial charge in [0.05, 0.1) is 23.2 Å². The number of para-hydroxylation sites is 1. The largest absolute Gasteiger partial charge is 0.494 e. The van der Waals surface area contributed by atoms with E-state index in [9.17, 15) is 19.5 Å². The Hall–Kier alpha value is -3.35. The number of aliphatic carboxylic acids is 1. The van der Waals surface area contributed by atoms with Crippen molar-refractivity contribution in [2.45, 2.75) is 26.3 Å². The van der Waals surface area contributed by atoms with Crippen LogP contribution in [0.4, 0.5) is 0 Å². The van der Waals surface area contributed by atoms with Crippen LogP contribution in [-0.2, 0) is 4.79 Å². The van der Waals surface area contributed by atoms with Crippen molar-refractivity contribution in [3.05, 3.63) is 69.4 Å². The van der Waals surface area contributed by atoms with Gasteiger partial charge >= 0.3 is 11.7 Å². The summed E-state index contributed by atoms with van der Waals surface area (Å²) in [6.07, 6.45) is 0.209. The summed E-state index contributed by atoms with van der Waals surface area (Å²) in [5.41, 5.74) is -0.509. The first kappa shape index (κ1) is 18.4. The van der Waals surface area contributed by atoms with E-state index in [2.05, 4.69) is 0 Å². The summed E-state index contributed by atoms with van der Waals surface area (Å²) in [4.78, 5) is 37.8. The van der Waals surface area contributed by atoms with E-state index in [-0.39, 0.29) is 11.8 Å². The maximum Gasteiger partial charge on any atom is 0.336 e. The second-order valence-corrected chi connectivity index (χ2v) is 6.00. The molecule has 1 atom stereocenters. The summed E-state index contributed by atoms with van der Waals surface area (Å²) in [6, 6.07) is 12.0. The van der Waals surface area contributed by atoms with E-state index in [0.29, 0.717) is 23.6 Å². The lowest BCUT2D eigenvalue weighted by atomic mass is 10.1. The van der Waals surface area contributed by atoms with Crippen LogP contribution >= 0.6 is 0 Å². The molecule has 7 heteroatoms. The number of fused-ring (bicyclic) bond motifs is 1. The van der Waals surface area contributed by atoms with Gasteiger partial charge in [-0.05, 0) is 49.7 Å². The maximum absolute atomic E-state index is 13.2. The molecular formula is C20H20N2O5. The summed E-state index contributed by atoms with van der Waals surface area (Å²) < 4.78 is 7.57. The molecule has 2 aromatic carbocycles. The second-order valence-electron chi connectivity index (χ2n) is 6.00. The van der Waals surface area contributed by atoms with Gasteiger partial charge in [0.2, 0.25) is 0 Å². The number of carboxylic acid groups (broad SMARTS) is 1. The van der Waals surface area contributed by atoms with Gasteiger partial charge in [-0.25, -0.2) is 14.2 Å². The van der Waals surface area contributed by atoms with Crippen LogP contribution in [0.15, 0.2) is 58.1 Å². The number of carboxylic acids is 1. The summed E-state index contributed by atoms with van der Waals surface area (Å²) in [7, 11) is 0. The molecule has 1 aromatic heterocycles. The third-order valence-corrected chi connectivity index (χ3v) is 4.38. The first-order valence-corrected chi connectivity index (χ1v) is 8.71. The maximum atomic E-state index is 13.2. The van der Waals surface area contributed by atoms with Crippen molar-refractivity contribution < 1.29 is 14.6 Å². The normalized spacial score (nSPS) is 12.1. The highest BCUT2D eigenvalue weighted by Crippen LogP contribution is 2.18. The minimum absolute atomic E-state index is 0.209. The molecule has 0 aliphatic heterocycles. The lowest BCUT2D eigenvalue weighted by molar-refractivity contribution is -0.141. The SMILES string of the molecule is CCOc1ccc(-n2c(=O)c3ccccc3n(C(CC)C(=O)O)c2=O)cc1. The van der Waals surface area contributed by atoms with Gasteiger partial charge in [0.1, 0.15) is 11.8 Å². The van der Waals surface area contributed by atoms with Crippen LogP contribution in [0.5, 0.6) is 5.75 Å². The van der Waals surface area contributed by atoms with Crippen molar-refractivity contribution in [2.24, 2.45) is 0 Å². The van der Waals surface area contributed by atoms with Crippen LogP contribution < -0.4 is 16.0 Å². The summed E-state index contributed by atoms with van der Waals surface area (Å²) in [5.74, 6) is -0.506. The number of carbonyl (C=O) groups is 1. The third-order valence-electron chi connectivity index (χ3n) is 4.38. The Balaban J connectivity index is 2.35. The minimum atomic E-state index is -1.12. The van der Waals surface area contributed by atoms with Crippen LogP contribution in [0, 0.1) is 0 Å². The highest BCUT2D eigenvalue weighted by molar-refractivity contribution is 5.81. The summed E-state index contributed by atoms with van der Waals surface area (Å²) in [5, 5.41) is 9.86. The van der Waals surface area contributed by atoms with Crippen LogP contribution in [0.1, 0.15) is 26.3 Å². The highest BCUT2D eigenvalue weighted by atomic mass is 16.5. The first-order chi connectivity index (χ1) is 13.0. The zero-order valence-electron chi connectivity index (χ0n) is 15.1. The Labute approximate surface area is 155 Å². The third kappa shape index (κ3) is 3.23. The molecule has 0 aliphatic rings. The van der Waals surface area contributed by atoms with Crippen LogP contribution in [0.25, 0.3) is 16.6 Å². The van der Waals surface area contributed by atoms with Gasteiger partial charge in [0.15, 0.2) is 0 Å². The van der Waals surface area contributed by atoms with Gasteiger partial charge in [-0.2, -0.15) is 0 Å². The molecule has 3 aromatic rings. The molecule has 27 heavy (non-hydrogen) atoms. The van der Waals surface area contributed by atoms with Crippen molar-refractivity contribution in [1.29, 1.82) is 0 Å². The average Bonchev–Trinajstić information content (AvgIpc) is 2.66. The van der Waals surface area contributed by atoms with Gasteiger partial charge in [-0.1, -0.05) is 19.1 Å². The van der Waals surface area contributed by atoms with E-state index in [4.69, 9.17) is 4.74 Å². The zero-order chi connectivity index (χ0) is 19.6. The minimum Gasteiger partial charge on any atom is -0.494 e. The Morgan fingerprint density at radius 3 is 2.33 bits per heavy atom. The van der Waals surface area contributed by atoms with Crippen molar-refractivity contribution >= 4 is 16.9 Å². The number of ether oxygens (including phenoxy) is 1. The molecule has 1 unspecified atom stereocenters. The number of benzene rings is 2. The number of nitrogens with zero attached hydrogens (tertiary/aromatic N) is 2. The van der Waals surface area contributed by atoms with Gasteiger partial charge in [-0.3, -0.25) is 9.36 Å². The summed E-state index contributed by atoms with van der Waals surface area (Å²) >= 11 is 0. The van der Waals surface area contributed by atoms with E-state index in [1.807, 2.05) is 6.92 Å². The van der Waals surface area contributed by atoms with Crippen molar-refractivity contribution in [3.63, 3.8) is 0 Å². The zero-order valence-corrected chi connectivity index (χ0v) is 15.1. The first-order valence-electron chi connectivity index (χ1n) is 8.71. The number of hydrogen-bond acceptors (Lipinski definition) is 4. The fourth-order valence-corrected chi connectivity index (χ4v) is 3.14. The van der Waals surface area contributed by atoms with Crippen LogP contribution in [-0.4, -0.2) is 26.8 Å². The van der Waals surface area contributed by atoms with Gasteiger partial charge in [0.25, 0.3) is 5.56 Å². The van der Waals surface area contributed by atoms with E-state index in [0.717, 1.165) is 4.57 Å². The fraction of sp³-hybridized carbons (Fsp3) is 0.250. The number of aromatic nitrogens is 2. The smallest absolute Gasteiger partial charge is 0.336 e. The monoisotopic (exact) mass is 368 g/mol. The topological polar surface area (TPSA) is 90.5 Å². The average molecular weight is 368 g/mol. The van der Waals surface area contributed by atoms with Gasteiger partial charge in [0, 0.05) is 0 Å². The second kappa shape index (κ2) is 7.49. The molecule has 7 nitrogen and oxygen atoms in total. The Morgan fingerprint density at radius 1 is 1.07 bits per heavy atom. The lowest BCUT2D eigenvalue weighted by Gasteiger charge is -2.19. The van der Waals surface area contributed by atoms with Crippen LogP contribution in [0.3, 0.4) is 0 Å². The van der Waals surface area contributed by atoms with E-state index in [1.165, 1.54) is 4.57 Å².